The highest BCUT2D eigenvalue weighted by Crippen LogP contribution is 2.46. The molecule has 2 fully saturated rings. The van der Waals surface area contributed by atoms with E-state index in [0.717, 1.165) is 12.8 Å². The highest BCUT2D eigenvalue weighted by molar-refractivity contribution is 7.89. The lowest BCUT2D eigenvalue weighted by Crippen LogP contribution is -2.42. The van der Waals surface area contributed by atoms with Gasteiger partial charge in [0.1, 0.15) is 0 Å². The van der Waals surface area contributed by atoms with Gasteiger partial charge in [-0.05, 0) is 31.1 Å². The molecule has 1 saturated heterocycles. The largest absolute Gasteiger partial charge is 0.381 e. The second-order valence-electron chi connectivity index (χ2n) is 6.16. The zero-order chi connectivity index (χ0) is 14.4. The first-order chi connectivity index (χ1) is 9.45. The first-order valence-electron chi connectivity index (χ1n) is 7.22. The van der Waals surface area contributed by atoms with Crippen LogP contribution in [-0.2, 0) is 17.1 Å². The summed E-state index contributed by atoms with van der Waals surface area (Å²) in [4.78, 5) is 3.88. The molecule has 1 spiro atoms. The SMILES string of the molecule is Cn1cnc(N)c1S(=O)(=O)N1CCC2(CCCC2)CC1. The number of rotatable bonds is 2. The Bertz CT molecular complexity index is 572. The number of aromatic nitrogens is 2. The van der Waals surface area contributed by atoms with E-state index >= 15 is 0 Å². The van der Waals surface area contributed by atoms with Gasteiger partial charge in [-0.2, -0.15) is 4.31 Å². The number of nitrogens with two attached hydrogens (primary N) is 1. The van der Waals surface area contributed by atoms with Gasteiger partial charge in [0.05, 0.1) is 6.33 Å². The molecule has 2 heterocycles. The fourth-order valence-corrected chi connectivity index (χ4v) is 5.34. The smallest absolute Gasteiger partial charge is 0.262 e. The second-order valence-corrected chi connectivity index (χ2v) is 8.01. The molecule has 1 aliphatic carbocycles. The molecule has 7 heteroatoms. The van der Waals surface area contributed by atoms with Crippen LogP contribution < -0.4 is 5.73 Å². The minimum atomic E-state index is -3.52. The lowest BCUT2D eigenvalue weighted by Gasteiger charge is -2.38. The van der Waals surface area contributed by atoms with Crippen molar-refractivity contribution in [2.45, 2.75) is 43.6 Å². The van der Waals surface area contributed by atoms with E-state index in [2.05, 4.69) is 4.98 Å². The van der Waals surface area contributed by atoms with E-state index in [4.69, 9.17) is 5.73 Å². The van der Waals surface area contributed by atoms with Gasteiger partial charge in [-0.25, -0.2) is 13.4 Å². The van der Waals surface area contributed by atoms with Gasteiger partial charge < -0.3 is 10.3 Å². The van der Waals surface area contributed by atoms with Crippen LogP contribution in [0.4, 0.5) is 5.82 Å². The number of sulfonamides is 1. The molecular formula is C13H22N4O2S. The van der Waals surface area contributed by atoms with Crippen molar-refractivity contribution in [1.82, 2.24) is 13.9 Å². The van der Waals surface area contributed by atoms with Crippen LogP contribution in [0.25, 0.3) is 0 Å². The highest BCUT2D eigenvalue weighted by atomic mass is 32.2. The molecule has 0 bridgehead atoms. The molecule has 20 heavy (non-hydrogen) atoms. The Hall–Kier alpha value is -1.08. The maximum atomic E-state index is 12.7. The van der Waals surface area contributed by atoms with Crippen molar-refractivity contribution >= 4 is 15.8 Å². The Morgan fingerprint density at radius 3 is 2.30 bits per heavy atom. The maximum absolute atomic E-state index is 12.7. The number of piperidine rings is 1. The summed E-state index contributed by atoms with van der Waals surface area (Å²) in [6, 6.07) is 0. The van der Waals surface area contributed by atoms with Gasteiger partial charge in [-0.3, -0.25) is 0 Å². The average Bonchev–Trinajstić information content (AvgIpc) is 2.98. The Kier molecular flexibility index (Phi) is 3.29. The Balaban J connectivity index is 1.80. The van der Waals surface area contributed by atoms with E-state index in [9.17, 15) is 8.42 Å². The van der Waals surface area contributed by atoms with Crippen LogP contribution in [0.5, 0.6) is 0 Å². The van der Waals surface area contributed by atoms with Crippen LogP contribution in [0.2, 0.25) is 0 Å². The van der Waals surface area contributed by atoms with E-state index in [1.54, 1.807) is 11.4 Å². The summed E-state index contributed by atoms with van der Waals surface area (Å²) in [6.45, 7) is 1.21. The number of aryl methyl sites for hydroxylation is 1. The van der Waals surface area contributed by atoms with Crippen LogP contribution in [0.1, 0.15) is 38.5 Å². The third kappa shape index (κ3) is 2.13. The standard InChI is InChI=1S/C13H22N4O2S/c1-16-10-15-11(14)12(16)20(18,19)17-8-6-13(7-9-17)4-2-3-5-13/h10H,2-9,14H2,1H3. The van der Waals surface area contributed by atoms with E-state index in [0.29, 0.717) is 18.5 Å². The molecule has 2 aliphatic rings. The van der Waals surface area contributed by atoms with E-state index in [-0.39, 0.29) is 10.8 Å². The molecule has 0 radical (unpaired) electrons. The van der Waals surface area contributed by atoms with Crippen molar-refractivity contribution < 1.29 is 8.42 Å². The van der Waals surface area contributed by atoms with Crippen molar-refractivity contribution in [3.05, 3.63) is 6.33 Å². The molecule has 1 aromatic rings. The lowest BCUT2D eigenvalue weighted by atomic mass is 9.78. The summed E-state index contributed by atoms with van der Waals surface area (Å²) in [5, 5.41) is 0.125. The number of hydrogen-bond acceptors (Lipinski definition) is 4. The normalized spacial score (nSPS) is 23.4. The summed E-state index contributed by atoms with van der Waals surface area (Å²) >= 11 is 0. The van der Waals surface area contributed by atoms with Crippen LogP contribution in [0.15, 0.2) is 11.4 Å². The second kappa shape index (κ2) is 4.73. The number of nitrogens with zero attached hydrogens (tertiary/aromatic N) is 3. The summed E-state index contributed by atoms with van der Waals surface area (Å²) in [5.41, 5.74) is 6.12. The Morgan fingerprint density at radius 1 is 1.20 bits per heavy atom. The van der Waals surface area contributed by atoms with Gasteiger partial charge in [0.2, 0.25) is 0 Å². The van der Waals surface area contributed by atoms with Gasteiger partial charge in [0.25, 0.3) is 10.0 Å². The molecule has 1 aliphatic heterocycles. The van der Waals surface area contributed by atoms with Gasteiger partial charge in [0.15, 0.2) is 10.8 Å². The molecule has 1 saturated carbocycles. The topological polar surface area (TPSA) is 81.2 Å². The van der Waals surface area contributed by atoms with Crippen LogP contribution in [0.3, 0.4) is 0 Å². The van der Waals surface area contributed by atoms with Crippen LogP contribution >= 0.6 is 0 Å². The molecule has 3 rings (SSSR count). The summed E-state index contributed by atoms with van der Waals surface area (Å²) in [7, 11) is -1.85. The van der Waals surface area contributed by atoms with Gasteiger partial charge >= 0.3 is 0 Å². The lowest BCUT2D eigenvalue weighted by molar-refractivity contribution is 0.160. The summed E-state index contributed by atoms with van der Waals surface area (Å²) < 4.78 is 28.4. The van der Waals surface area contributed by atoms with Crippen molar-refractivity contribution in [3.8, 4) is 0 Å². The number of hydrogen-bond donors (Lipinski definition) is 1. The van der Waals surface area contributed by atoms with Crippen molar-refractivity contribution in [1.29, 1.82) is 0 Å². The third-order valence-electron chi connectivity index (χ3n) is 4.94. The van der Waals surface area contributed by atoms with E-state index in [1.165, 1.54) is 36.6 Å². The highest BCUT2D eigenvalue weighted by Gasteiger charge is 2.41. The summed E-state index contributed by atoms with van der Waals surface area (Å²) in [6.07, 6.45) is 8.50. The predicted molar refractivity (Wildman–Crippen MR) is 76.5 cm³/mol. The minimum absolute atomic E-state index is 0.0913. The fraction of sp³-hybridized carbons (Fsp3) is 0.769. The molecular weight excluding hydrogens is 276 g/mol. The van der Waals surface area contributed by atoms with Gasteiger partial charge in [-0.1, -0.05) is 12.8 Å². The molecule has 1 aromatic heterocycles. The van der Waals surface area contributed by atoms with Crippen molar-refractivity contribution in [2.24, 2.45) is 12.5 Å². The fourth-order valence-electron chi connectivity index (χ4n) is 3.70. The predicted octanol–water partition coefficient (Wildman–Crippen LogP) is 1.35. The monoisotopic (exact) mass is 298 g/mol. The third-order valence-corrected chi connectivity index (χ3v) is 6.97. The maximum Gasteiger partial charge on any atom is 0.262 e. The zero-order valence-corrected chi connectivity index (χ0v) is 12.7. The molecule has 0 atom stereocenters. The zero-order valence-electron chi connectivity index (χ0n) is 11.9. The van der Waals surface area contributed by atoms with Gasteiger partial charge in [-0.15, -0.1) is 0 Å². The molecule has 0 aromatic carbocycles. The molecule has 0 amide bonds. The van der Waals surface area contributed by atoms with Crippen molar-refractivity contribution in [3.63, 3.8) is 0 Å². The molecule has 112 valence electrons. The molecule has 6 nitrogen and oxygen atoms in total. The van der Waals surface area contributed by atoms with Crippen LogP contribution in [-0.4, -0.2) is 35.4 Å². The van der Waals surface area contributed by atoms with Crippen molar-refractivity contribution in [2.75, 3.05) is 18.8 Å². The Labute approximate surface area is 120 Å². The summed E-state index contributed by atoms with van der Waals surface area (Å²) in [5.74, 6) is 0.0913. The Morgan fingerprint density at radius 2 is 1.80 bits per heavy atom. The van der Waals surface area contributed by atoms with E-state index in [1.807, 2.05) is 0 Å². The number of imidazole rings is 1. The quantitative estimate of drug-likeness (QED) is 0.893. The van der Waals surface area contributed by atoms with Gasteiger partial charge in [0, 0.05) is 20.1 Å². The number of nitrogen functional groups attached to an aromatic ring is 1. The first kappa shape index (κ1) is 13.9. The minimum Gasteiger partial charge on any atom is -0.381 e. The first-order valence-corrected chi connectivity index (χ1v) is 8.66. The number of anilines is 1. The molecule has 2 N–H and O–H groups in total. The van der Waals surface area contributed by atoms with Crippen LogP contribution in [0, 0.1) is 5.41 Å². The average molecular weight is 298 g/mol. The van der Waals surface area contributed by atoms with E-state index < -0.39 is 10.0 Å². The molecule has 0 unspecified atom stereocenters.